The first kappa shape index (κ1) is 11.6. The number of benzene rings is 1. The average molecular weight is 221 g/mol. The van der Waals surface area contributed by atoms with Gasteiger partial charge in [0.25, 0.3) is 0 Å². The molecule has 2 N–H and O–H groups in total. The second-order valence-electron chi connectivity index (χ2n) is 4.75. The van der Waals surface area contributed by atoms with Crippen molar-refractivity contribution in [1.82, 2.24) is 0 Å². The van der Waals surface area contributed by atoms with Gasteiger partial charge in [-0.15, -0.1) is 0 Å². The molecule has 0 radical (unpaired) electrons. The molecule has 1 aliphatic rings. The fourth-order valence-electron chi connectivity index (χ4n) is 2.54. The van der Waals surface area contributed by atoms with Crippen LogP contribution in [0.3, 0.4) is 0 Å². The molecule has 1 aromatic rings. The third-order valence-corrected chi connectivity index (χ3v) is 3.60. The molecule has 0 spiro atoms. The quantitative estimate of drug-likeness (QED) is 0.826. The standard InChI is InChI=1S/C14H20FN/c15-14(12-4-2-1-3-5-12)13-8-6-11(10-16)7-9-13/h6-9,12,14H,1-5,10,16H2. The second kappa shape index (κ2) is 5.44. The molecule has 88 valence electrons. The minimum atomic E-state index is -0.785. The van der Waals surface area contributed by atoms with Crippen molar-refractivity contribution in [3.63, 3.8) is 0 Å². The van der Waals surface area contributed by atoms with E-state index in [1.165, 1.54) is 19.3 Å². The van der Waals surface area contributed by atoms with Crippen LogP contribution in [0.2, 0.25) is 0 Å². The fraction of sp³-hybridized carbons (Fsp3) is 0.571. The highest BCUT2D eigenvalue weighted by molar-refractivity contribution is 5.24. The van der Waals surface area contributed by atoms with E-state index in [0.29, 0.717) is 6.54 Å². The molecular formula is C14H20FN. The first-order valence-electron chi connectivity index (χ1n) is 6.24. The summed E-state index contributed by atoms with van der Waals surface area (Å²) >= 11 is 0. The van der Waals surface area contributed by atoms with Crippen molar-refractivity contribution in [2.24, 2.45) is 11.7 Å². The van der Waals surface area contributed by atoms with E-state index >= 15 is 0 Å². The van der Waals surface area contributed by atoms with Crippen LogP contribution in [0.15, 0.2) is 24.3 Å². The summed E-state index contributed by atoms with van der Waals surface area (Å²) in [6.45, 7) is 0.528. The van der Waals surface area contributed by atoms with Crippen LogP contribution in [-0.4, -0.2) is 0 Å². The molecule has 16 heavy (non-hydrogen) atoms. The summed E-state index contributed by atoms with van der Waals surface area (Å²) in [7, 11) is 0. The van der Waals surface area contributed by atoms with Crippen molar-refractivity contribution in [3.8, 4) is 0 Å². The summed E-state index contributed by atoms with van der Waals surface area (Å²) in [6.07, 6.45) is 4.94. The van der Waals surface area contributed by atoms with Gasteiger partial charge < -0.3 is 5.73 Å². The van der Waals surface area contributed by atoms with Gasteiger partial charge in [0.15, 0.2) is 0 Å². The number of nitrogens with two attached hydrogens (primary N) is 1. The van der Waals surface area contributed by atoms with E-state index in [4.69, 9.17) is 5.73 Å². The van der Waals surface area contributed by atoms with Crippen LogP contribution in [-0.2, 0) is 6.54 Å². The molecule has 0 amide bonds. The summed E-state index contributed by atoms with van der Waals surface area (Å²) in [4.78, 5) is 0. The van der Waals surface area contributed by atoms with Crippen molar-refractivity contribution in [3.05, 3.63) is 35.4 Å². The minimum Gasteiger partial charge on any atom is -0.326 e. The number of hydrogen-bond acceptors (Lipinski definition) is 1. The SMILES string of the molecule is NCc1ccc(C(F)C2CCCCC2)cc1. The lowest BCUT2D eigenvalue weighted by atomic mass is 9.83. The first-order chi connectivity index (χ1) is 7.81. The fourth-order valence-corrected chi connectivity index (χ4v) is 2.54. The lowest BCUT2D eigenvalue weighted by molar-refractivity contribution is 0.183. The van der Waals surface area contributed by atoms with E-state index in [1.54, 1.807) is 0 Å². The minimum absolute atomic E-state index is 0.234. The molecule has 1 nitrogen and oxygen atoms in total. The first-order valence-corrected chi connectivity index (χ1v) is 6.24. The van der Waals surface area contributed by atoms with Gasteiger partial charge in [-0.1, -0.05) is 43.5 Å². The number of hydrogen-bond donors (Lipinski definition) is 1. The molecular weight excluding hydrogens is 201 g/mol. The molecule has 0 saturated heterocycles. The van der Waals surface area contributed by atoms with Crippen LogP contribution in [0.5, 0.6) is 0 Å². The Bertz CT molecular complexity index is 314. The molecule has 0 heterocycles. The third-order valence-electron chi connectivity index (χ3n) is 3.60. The zero-order valence-corrected chi connectivity index (χ0v) is 9.66. The van der Waals surface area contributed by atoms with Gasteiger partial charge in [0.05, 0.1) is 0 Å². The summed E-state index contributed by atoms with van der Waals surface area (Å²) in [5, 5.41) is 0. The van der Waals surface area contributed by atoms with Gasteiger partial charge >= 0.3 is 0 Å². The van der Waals surface area contributed by atoms with E-state index < -0.39 is 6.17 Å². The highest BCUT2D eigenvalue weighted by atomic mass is 19.1. The monoisotopic (exact) mass is 221 g/mol. The van der Waals surface area contributed by atoms with Gasteiger partial charge in [0.1, 0.15) is 6.17 Å². The Kier molecular flexibility index (Phi) is 3.94. The zero-order chi connectivity index (χ0) is 11.4. The van der Waals surface area contributed by atoms with Crippen LogP contribution < -0.4 is 5.73 Å². The lowest BCUT2D eigenvalue weighted by Gasteiger charge is -2.25. The van der Waals surface area contributed by atoms with Crippen LogP contribution in [0, 0.1) is 5.92 Å². The van der Waals surface area contributed by atoms with Crippen LogP contribution in [0.25, 0.3) is 0 Å². The summed E-state index contributed by atoms with van der Waals surface area (Å²) in [5.74, 6) is 0.234. The second-order valence-corrected chi connectivity index (χ2v) is 4.75. The van der Waals surface area contributed by atoms with Crippen molar-refractivity contribution in [2.45, 2.75) is 44.8 Å². The Balaban J connectivity index is 2.04. The molecule has 0 aromatic heterocycles. The maximum Gasteiger partial charge on any atom is 0.128 e. The van der Waals surface area contributed by atoms with Crippen LogP contribution in [0.1, 0.15) is 49.4 Å². The predicted octanol–water partition coefficient (Wildman–Crippen LogP) is 3.74. The number of halogens is 1. The van der Waals surface area contributed by atoms with E-state index in [9.17, 15) is 4.39 Å². The number of rotatable bonds is 3. The van der Waals surface area contributed by atoms with E-state index in [1.807, 2.05) is 24.3 Å². The summed E-state index contributed by atoms with van der Waals surface area (Å²) in [5.41, 5.74) is 7.42. The Morgan fingerprint density at radius 3 is 2.31 bits per heavy atom. The Morgan fingerprint density at radius 1 is 1.12 bits per heavy atom. The molecule has 2 heteroatoms. The lowest BCUT2D eigenvalue weighted by Crippen LogP contribution is -2.13. The van der Waals surface area contributed by atoms with Gasteiger partial charge in [-0.3, -0.25) is 0 Å². The normalized spacial score (nSPS) is 19.6. The van der Waals surface area contributed by atoms with Crippen LogP contribution >= 0.6 is 0 Å². The van der Waals surface area contributed by atoms with Gasteiger partial charge in [-0.05, 0) is 29.9 Å². The molecule has 1 aliphatic carbocycles. The Labute approximate surface area is 96.9 Å². The smallest absolute Gasteiger partial charge is 0.128 e. The van der Waals surface area contributed by atoms with Gasteiger partial charge in [0.2, 0.25) is 0 Å². The van der Waals surface area contributed by atoms with E-state index in [0.717, 1.165) is 24.0 Å². The molecule has 1 aromatic carbocycles. The molecule has 0 bridgehead atoms. The van der Waals surface area contributed by atoms with E-state index in [2.05, 4.69) is 0 Å². The van der Waals surface area contributed by atoms with Crippen molar-refractivity contribution < 1.29 is 4.39 Å². The molecule has 1 fully saturated rings. The maximum atomic E-state index is 14.2. The maximum absolute atomic E-state index is 14.2. The summed E-state index contributed by atoms with van der Waals surface area (Å²) < 4.78 is 14.2. The highest BCUT2D eigenvalue weighted by Gasteiger charge is 2.24. The molecule has 1 saturated carbocycles. The van der Waals surface area contributed by atoms with Gasteiger partial charge in [-0.2, -0.15) is 0 Å². The number of alkyl halides is 1. The average Bonchev–Trinajstić information content (AvgIpc) is 2.39. The molecule has 2 rings (SSSR count). The summed E-state index contributed by atoms with van der Waals surface area (Å²) in [6, 6.07) is 7.65. The van der Waals surface area contributed by atoms with Crippen molar-refractivity contribution >= 4 is 0 Å². The predicted molar refractivity (Wildman–Crippen MR) is 64.8 cm³/mol. The third kappa shape index (κ3) is 2.62. The van der Waals surface area contributed by atoms with Crippen LogP contribution in [0.4, 0.5) is 4.39 Å². The largest absolute Gasteiger partial charge is 0.326 e. The molecule has 1 atom stereocenters. The Morgan fingerprint density at radius 2 is 1.75 bits per heavy atom. The molecule has 0 aliphatic heterocycles. The topological polar surface area (TPSA) is 26.0 Å². The van der Waals surface area contributed by atoms with Gasteiger partial charge in [0, 0.05) is 6.54 Å². The van der Waals surface area contributed by atoms with Crippen molar-refractivity contribution in [2.75, 3.05) is 0 Å². The zero-order valence-electron chi connectivity index (χ0n) is 9.66. The van der Waals surface area contributed by atoms with Gasteiger partial charge in [-0.25, -0.2) is 4.39 Å². The van der Waals surface area contributed by atoms with E-state index in [-0.39, 0.29) is 5.92 Å². The highest BCUT2D eigenvalue weighted by Crippen LogP contribution is 2.36. The van der Waals surface area contributed by atoms with Crippen molar-refractivity contribution in [1.29, 1.82) is 0 Å². The molecule has 1 unspecified atom stereocenters. The Hall–Kier alpha value is -0.890.